The molecule has 194 valence electrons. The van der Waals surface area contributed by atoms with E-state index < -0.39 is 23.5 Å². The topological polar surface area (TPSA) is 98.2 Å². The van der Waals surface area contributed by atoms with Gasteiger partial charge in [-0.1, -0.05) is 41.2 Å². The lowest BCUT2D eigenvalue weighted by molar-refractivity contribution is -0.132. The first kappa shape index (κ1) is 25.2. The SMILES string of the molecule is COc1cc([C@@H]2/C(=C(\O)c3ccc(C)cc3)C(=O)C(=O)N2c2nc3ccc(F)cc3s2)cc(OC)c1OC. The van der Waals surface area contributed by atoms with Crippen molar-refractivity contribution < 1.29 is 33.3 Å². The number of anilines is 1. The molecule has 0 unspecified atom stereocenters. The lowest BCUT2D eigenvalue weighted by Gasteiger charge is -2.24. The lowest BCUT2D eigenvalue weighted by atomic mass is 9.94. The zero-order chi connectivity index (χ0) is 27.1. The summed E-state index contributed by atoms with van der Waals surface area (Å²) in [6.07, 6.45) is 0. The third-order valence-electron chi connectivity index (χ3n) is 6.32. The molecule has 3 aromatic carbocycles. The van der Waals surface area contributed by atoms with Crippen LogP contribution in [-0.4, -0.2) is 43.1 Å². The van der Waals surface area contributed by atoms with E-state index in [-0.39, 0.29) is 16.5 Å². The van der Waals surface area contributed by atoms with Crippen molar-refractivity contribution in [3.05, 3.63) is 82.7 Å². The number of fused-ring (bicyclic) bond motifs is 1. The number of Topliss-reactive ketones (excluding diaryl/α,β-unsaturated/α-hetero) is 1. The van der Waals surface area contributed by atoms with Crippen LogP contribution >= 0.6 is 11.3 Å². The molecule has 1 amide bonds. The van der Waals surface area contributed by atoms with Gasteiger partial charge in [0.1, 0.15) is 11.6 Å². The maximum Gasteiger partial charge on any atom is 0.301 e. The van der Waals surface area contributed by atoms with Crippen LogP contribution in [0.3, 0.4) is 0 Å². The van der Waals surface area contributed by atoms with E-state index in [9.17, 15) is 19.1 Å². The fourth-order valence-corrected chi connectivity index (χ4v) is 5.48. The number of benzene rings is 3. The predicted octanol–water partition coefficient (Wildman–Crippen LogP) is 5.40. The Labute approximate surface area is 221 Å². The van der Waals surface area contributed by atoms with E-state index in [4.69, 9.17) is 14.2 Å². The van der Waals surface area contributed by atoms with Crippen molar-refractivity contribution in [1.82, 2.24) is 4.98 Å². The number of carbonyl (C=O) groups is 2. The maximum absolute atomic E-state index is 13.9. The average Bonchev–Trinajstić information content (AvgIpc) is 3.45. The summed E-state index contributed by atoms with van der Waals surface area (Å²) in [4.78, 5) is 32.7. The van der Waals surface area contributed by atoms with E-state index in [0.717, 1.165) is 16.9 Å². The number of nitrogens with zero attached hydrogens (tertiary/aromatic N) is 2. The first-order valence-electron chi connectivity index (χ1n) is 11.5. The Kier molecular flexibility index (Phi) is 6.50. The van der Waals surface area contributed by atoms with E-state index >= 15 is 0 Å². The summed E-state index contributed by atoms with van der Waals surface area (Å²) in [5, 5.41) is 11.5. The van der Waals surface area contributed by atoms with Crippen molar-refractivity contribution in [2.24, 2.45) is 0 Å². The zero-order valence-electron chi connectivity index (χ0n) is 20.9. The van der Waals surface area contributed by atoms with Crippen LogP contribution in [-0.2, 0) is 9.59 Å². The van der Waals surface area contributed by atoms with Gasteiger partial charge in [0.25, 0.3) is 5.78 Å². The second-order valence-corrected chi connectivity index (χ2v) is 9.61. The summed E-state index contributed by atoms with van der Waals surface area (Å²) in [5.74, 6) is -1.62. The smallest absolute Gasteiger partial charge is 0.301 e. The molecule has 0 aliphatic carbocycles. The molecule has 1 saturated heterocycles. The molecule has 1 aromatic heterocycles. The number of halogens is 1. The second kappa shape index (κ2) is 9.79. The highest BCUT2D eigenvalue weighted by Crippen LogP contribution is 2.48. The number of methoxy groups -OCH3 is 3. The Morgan fingerprint density at radius 3 is 2.24 bits per heavy atom. The van der Waals surface area contributed by atoms with E-state index in [1.165, 1.54) is 44.4 Å². The van der Waals surface area contributed by atoms with Gasteiger partial charge in [-0.05, 0) is 42.8 Å². The molecule has 1 N–H and O–H groups in total. The molecule has 2 heterocycles. The van der Waals surface area contributed by atoms with Crippen LogP contribution in [0.25, 0.3) is 16.0 Å². The molecule has 0 radical (unpaired) electrons. The Morgan fingerprint density at radius 1 is 0.974 bits per heavy atom. The van der Waals surface area contributed by atoms with Crippen LogP contribution in [0.2, 0.25) is 0 Å². The molecule has 1 atom stereocenters. The van der Waals surface area contributed by atoms with Crippen LogP contribution in [0.5, 0.6) is 17.2 Å². The highest BCUT2D eigenvalue weighted by molar-refractivity contribution is 7.22. The van der Waals surface area contributed by atoms with Gasteiger partial charge in [-0.25, -0.2) is 9.37 Å². The minimum absolute atomic E-state index is 0.126. The molecular formula is C28H23FN2O6S. The summed E-state index contributed by atoms with van der Waals surface area (Å²) in [6.45, 7) is 1.90. The number of rotatable bonds is 6. The Bertz CT molecular complexity index is 1590. The Hall–Kier alpha value is -4.44. The predicted molar refractivity (Wildman–Crippen MR) is 142 cm³/mol. The number of ether oxygens (including phenoxy) is 3. The molecule has 10 heteroatoms. The number of aliphatic hydroxyl groups excluding tert-OH is 1. The van der Waals surface area contributed by atoms with Gasteiger partial charge in [-0.15, -0.1) is 0 Å². The first-order chi connectivity index (χ1) is 18.3. The molecule has 1 fully saturated rings. The van der Waals surface area contributed by atoms with Crippen molar-refractivity contribution in [3.63, 3.8) is 0 Å². The summed E-state index contributed by atoms with van der Waals surface area (Å²) < 4.78 is 30.8. The third-order valence-corrected chi connectivity index (χ3v) is 7.33. The van der Waals surface area contributed by atoms with E-state index in [2.05, 4.69) is 4.98 Å². The van der Waals surface area contributed by atoms with E-state index in [1.54, 1.807) is 36.4 Å². The number of thiazole rings is 1. The number of carbonyl (C=O) groups excluding carboxylic acids is 2. The number of aryl methyl sites for hydroxylation is 1. The van der Waals surface area contributed by atoms with Gasteiger partial charge >= 0.3 is 5.91 Å². The van der Waals surface area contributed by atoms with Gasteiger partial charge in [-0.3, -0.25) is 14.5 Å². The van der Waals surface area contributed by atoms with Crippen LogP contribution in [0.4, 0.5) is 9.52 Å². The fourth-order valence-electron chi connectivity index (χ4n) is 4.46. The van der Waals surface area contributed by atoms with Crippen LogP contribution in [0, 0.1) is 12.7 Å². The lowest BCUT2D eigenvalue weighted by Crippen LogP contribution is -2.29. The molecule has 0 saturated carbocycles. The minimum atomic E-state index is -1.09. The molecule has 38 heavy (non-hydrogen) atoms. The number of amides is 1. The number of ketones is 1. The van der Waals surface area contributed by atoms with Gasteiger partial charge < -0.3 is 19.3 Å². The molecule has 0 spiro atoms. The third kappa shape index (κ3) is 4.12. The van der Waals surface area contributed by atoms with Crippen LogP contribution in [0.1, 0.15) is 22.7 Å². The highest BCUT2D eigenvalue weighted by atomic mass is 32.1. The Balaban J connectivity index is 1.78. The van der Waals surface area contributed by atoms with Crippen LogP contribution in [0.15, 0.2) is 60.2 Å². The maximum atomic E-state index is 13.9. The largest absolute Gasteiger partial charge is 0.507 e. The van der Waals surface area contributed by atoms with Crippen LogP contribution < -0.4 is 19.1 Å². The van der Waals surface area contributed by atoms with Crippen molar-refractivity contribution in [2.45, 2.75) is 13.0 Å². The van der Waals surface area contributed by atoms with Crippen molar-refractivity contribution >= 4 is 44.1 Å². The summed E-state index contributed by atoms with van der Waals surface area (Å²) in [7, 11) is 4.36. The van der Waals surface area contributed by atoms with Crippen molar-refractivity contribution in [3.8, 4) is 17.2 Å². The molecule has 8 nitrogen and oxygen atoms in total. The average molecular weight is 535 g/mol. The van der Waals surface area contributed by atoms with Crippen molar-refractivity contribution in [2.75, 3.05) is 26.2 Å². The number of hydrogen-bond donors (Lipinski definition) is 1. The highest BCUT2D eigenvalue weighted by Gasteiger charge is 2.48. The van der Waals surface area contributed by atoms with Gasteiger partial charge in [0, 0.05) is 5.56 Å². The molecular weight excluding hydrogens is 511 g/mol. The van der Waals surface area contributed by atoms with Gasteiger partial charge in [0.2, 0.25) is 5.75 Å². The number of aromatic nitrogens is 1. The normalized spacial score (nSPS) is 16.8. The second-order valence-electron chi connectivity index (χ2n) is 8.60. The Morgan fingerprint density at radius 2 is 1.63 bits per heavy atom. The minimum Gasteiger partial charge on any atom is -0.507 e. The molecule has 4 aromatic rings. The molecule has 1 aliphatic rings. The quantitative estimate of drug-likeness (QED) is 0.201. The monoisotopic (exact) mass is 534 g/mol. The first-order valence-corrected chi connectivity index (χ1v) is 12.3. The van der Waals surface area contributed by atoms with E-state index in [0.29, 0.717) is 38.6 Å². The summed E-state index contributed by atoms with van der Waals surface area (Å²) in [6, 6.07) is 13.2. The number of aliphatic hydroxyl groups is 1. The summed E-state index contributed by atoms with van der Waals surface area (Å²) in [5.41, 5.74) is 2.09. The standard InChI is InChI=1S/C28H23FN2O6S/c1-14-5-7-15(8-6-14)24(32)22-23(16-11-19(35-2)26(37-4)20(12-16)36-3)31(27(34)25(22)33)28-30-18-10-9-17(29)13-21(18)38-28/h5-13,23,32H,1-4H3/b24-22+/t23-/m1/s1. The van der Waals surface area contributed by atoms with Gasteiger partial charge in [0.05, 0.1) is 43.2 Å². The molecule has 0 bridgehead atoms. The zero-order valence-corrected chi connectivity index (χ0v) is 21.8. The van der Waals surface area contributed by atoms with Gasteiger partial charge in [-0.2, -0.15) is 0 Å². The van der Waals surface area contributed by atoms with E-state index in [1.807, 2.05) is 6.92 Å². The fraction of sp³-hybridized carbons (Fsp3) is 0.179. The molecule has 5 rings (SSSR count). The number of hydrogen-bond acceptors (Lipinski definition) is 8. The van der Waals surface area contributed by atoms with Gasteiger partial charge in [0.15, 0.2) is 16.6 Å². The molecule has 1 aliphatic heterocycles. The summed E-state index contributed by atoms with van der Waals surface area (Å²) >= 11 is 1.06. The van der Waals surface area contributed by atoms with Crippen molar-refractivity contribution in [1.29, 1.82) is 0 Å².